The molecule has 2 amide bonds. The monoisotopic (exact) mass is 574 g/mol. The van der Waals surface area contributed by atoms with Crippen LogP contribution in [0, 0.1) is 28.9 Å². The Morgan fingerprint density at radius 3 is 2.32 bits per heavy atom. The van der Waals surface area contributed by atoms with Gasteiger partial charge in [0.25, 0.3) is 0 Å². The van der Waals surface area contributed by atoms with E-state index in [1.807, 2.05) is 6.07 Å². The average Bonchev–Trinajstić information content (AvgIpc) is 3.68. The Balaban J connectivity index is 1.26. The van der Waals surface area contributed by atoms with E-state index in [9.17, 15) is 14.0 Å². The molecule has 0 saturated heterocycles. The van der Waals surface area contributed by atoms with Gasteiger partial charge >= 0.3 is 0 Å². The van der Waals surface area contributed by atoms with Gasteiger partial charge in [-0.3, -0.25) is 19.5 Å². The Bertz CT molecular complexity index is 1650. The molecule has 0 aliphatic heterocycles. The molecule has 0 bridgehead atoms. The predicted octanol–water partition coefficient (Wildman–Crippen LogP) is 6.42. The molecule has 2 N–H and O–H groups in total. The Morgan fingerprint density at radius 2 is 1.66 bits per heavy atom. The van der Waals surface area contributed by atoms with Crippen molar-refractivity contribution in [3.63, 3.8) is 0 Å². The van der Waals surface area contributed by atoms with Crippen LogP contribution in [0.15, 0.2) is 60.8 Å². The minimum Gasteiger partial charge on any atom is -0.453 e. The van der Waals surface area contributed by atoms with Crippen molar-refractivity contribution >= 4 is 44.7 Å². The number of pyridine rings is 1. The SMILES string of the molecule is CCN(CC)CC#Cc1cc2nccc(Oc3ccc(NC(=O)C4(C(=O)Nc5ccc(F)cc5)CC4)cc3F)c2s1. The molecule has 7 nitrogen and oxygen atoms in total. The maximum absolute atomic E-state index is 15.1. The quantitative estimate of drug-likeness (QED) is 0.178. The zero-order valence-electron chi connectivity index (χ0n) is 22.6. The third-order valence-corrected chi connectivity index (χ3v) is 7.97. The molecule has 4 aromatic rings. The molecule has 1 saturated carbocycles. The van der Waals surface area contributed by atoms with E-state index in [0.29, 0.717) is 36.3 Å². The van der Waals surface area contributed by atoms with Crippen LogP contribution >= 0.6 is 11.3 Å². The van der Waals surface area contributed by atoms with E-state index in [0.717, 1.165) is 28.7 Å². The van der Waals surface area contributed by atoms with E-state index in [1.54, 1.807) is 12.3 Å². The second-order valence-electron chi connectivity index (χ2n) is 9.64. The zero-order valence-corrected chi connectivity index (χ0v) is 23.4. The van der Waals surface area contributed by atoms with Crippen molar-refractivity contribution in [2.45, 2.75) is 26.7 Å². The lowest BCUT2D eigenvalue weighted by atomic mass is 10.0. The molecule has 0 spiro atoms. The number of nitrogens with zero attached hydrogens (tertiary/aromatic N) is 2. The van der Waals surface area contributed by atoms with Gasteiger partial charge in [-0.15, -0.1) is 11.3 Å². The van der Waals surface area contributed by atoms with E-state index >= 15 is 4.39 Å². The van der Waals surface area contributed by atoms with Crippen molar-refractivity contribution < 1.29 is 23.1 Å². The van der Waals surface area contributed by atoms with Crippen molar-refractivity contribution in [1.82, 2.24) is 9.88 Å². The minimum atomic E-state index is -1.26. The van der Waals surface area contributed by atoms with Crippen LogP contribution in [0.25, 0.3) is 10.2 Å². The third-order valence-electron chi connectivity index (χ3n) is 6.92. The standard InChI is InChI=1S/C31H28F2N4O3S/c1-3-37(4-2)17-5-6-23-19-25-28(41-23)27(13-16-34-25)40-26-12-11-22(18-24(26)33)36-30(39)31(14-15-31)29(38)35-21-9-7-20(32)8-10-21/h7-13,16,18-19H,3-4,14-15,17H2,1-2H3,(H,35,38)(H,36,39). The Kier molecular flexibility index (Phi) is 8.28. The number of anilines is 2. The maximum atomic E-state index is 15.1. The fourth-order valence-electron chi connectivity index (χ4n) is 4.24. The molecule has 1 aliphatic carbocycles. The number of ether oxygens (including phenoxy) is 1. The van der Waals surface area contributed by atoms with Gasteiger partial charge in [0.1, 0.15) is 17.0 Å². The first-order chi connectivity index (χ1) is 19.8. The van der Waals surface area contributed by atoms with Gasteiger partial charge in [-0.05, 0) is 68.4 Å². The number of rotatable bonds is 9. The number of carbonyl (C=O) groups is 2. The molecule has 5 rings (SSSR count). The minimum absolute atomic E-state index is 0.0201. The topological polar surface area (TPSA) is 83.6 Å². The van der Waals surface area contributed by atoms with Crippen molar-refractivity contribution in [1.29, 1.82) is 0 Å². The number of halogens is 2. The number of aromatic nitrogens is 1. The fourth-order valence-corrected chi connectivity index (χ4v) is 5.18. The average molecular weight is 575 g/mol. The zero-order chi connectivity index (χ0) is 29.0. The summed E-state index contributed by atoms with van der Waals surface area (Å²) in [7, 11) is 0. The second kappa shape index (κ2) is 12.0. The molecule has 1 aliphatic rings. The van der Waals surface area contributed by atoms with Gasteiger partial charge in [0.2, 0.25) is 11.8 Å². The number of fused-ring (bicyclic) bond motifs is 1. The number of hydrogen-bond donors (Lipinski definition) is 2. The number of benzene rings is 2. The molecule has 0 unspecified atom stereocenters. The highest BCUT2D eigenvalue weighted by atomic mass is 32.1. The van der Waals surface area contributed by atoms with Gasteiger partial charge in [0, 0.05) is 29.7 Å². The molecule has 2 aromatic carbocycles. The van der Waals surface area contributed by atoms with E-state index in [-0.39, 0.29) is 11.4 Å². The summed E-state index contributed by atoms with van der Waals surface area (Å²) in [5.41, 5.74) is 0.0335. The summed E-state index contributed by atoms with van der Waals surface area (Å²) in [4.78, 5) is 33.2. The van der Waals surface area contributed by atoms with Gasteiger partial charge in [0.05, 0.1) is 21.6 Å². The largest absolute Gasteiger partial charge is 0.453 e. The van der Waals surface area contributed by atoms with Crippen molar-refractivity contribution in [3.8, 4) is 23.3 Å². The maximum Gasteiger partial charge on any atom is 0.240 e. The summed E-state index contributed by atoms with van der Waals surface area (Å²) in [6, 6.07) is 12.9. The number of hydrogen-bond acceptors (Lipinski definition) is 6. The molecule has 0 atom stereocenters. The highest BCUT2D eigenvalue weighted by Gasteiger charge is 2.56. The number of amides is 2. The second-order valence-corrected chi connectivity index (χ2v) is 10.7. The van der Waals surface area contributed by atoms with Crippen LogP contribution in [0.5, 0.6) is 11.5 Å². The molecule has 1 fully saturated rings. The first kappa shape index (κ1) is 28.2. The molecule has 0 radical (unpaired) electrons. The normalized spacial score (nSPS) is 13.4. The summed E-state index contributed by atoms with van der Waals surface area (Å²) in [5, 5.41) is 5.29. The van der Waals surface area contributed by atoms with E-state index in [4.69, 9.17) is 4.74 Å². The van der Waals surface area contributed by atoms with Crippen LogP contribution in [0.3, 0.4) is 0 Å². The van der Waals surface area contributed by atoms with E-state index < -0.39 is 28.9 Å². The first-order valence-corrected chi connectivity index (χ1v) is 14.1. The molecular weight excluding hydrogens is 546 g/mol. The molecule has 2 aromatic heterocycles. The van der Waals surface area contributed by atoms with Gasteiger partial charge in [-0.2, -0.15) is 0 Å². The molecule has 210 valence electrons. The van der Waals surface area contributed by atoms with Crippen LogP contribution in [0.2, 0.25) is 0 Å². The van der Waals surface area contributed by atoms with Crippen LogP contribution in [0.1, 0.15) is 31.6 Å². The summed E-state index contributed by atoms with van der Waals surface area (Å²) >= 11 is 1.43. The van der Waals surface area contributed by atoms with Gasteiger partial charge in [-0.25, -0.2) is 8.78 Å². The van der Waals surface area contributed by atoms with Crippen molar-refractivity contribution in [2.24, 2.45) is 5.41 Å². The fraction of sp³-hybridized carbons (Fsp3) is 0.258. The summed E-state index contributed by atoms with van der Waals surface area (Å²) in [5.74, 6) is 4.66. The Hall–Kier alpha value is -4.33. The van der Waals surface area contributed by atoms with E-state index in [2.05, 4.69) is 46.2 Å². The first-order valence-electron chi connectivity index (χ1n) is 13.3. The van der Waals surface area contributed by atoms with Crippen LogP contribution in [0.4, 0.5) is 20.2 Å². The molecule has 10 heteroatoms. The Morgan fingerprint density at radius 1 is 0.976 bits per heavy atom. The summed E-state index contributed by atoms with van der Waals surface area (Å²) < 4.78 is 34.9. The summed E-state index contributed by atoms with van der Waals surface area (Å²) in [6.07, 6.45) is 2.31. The summed E-state index contributed by atoms with van der Waals surface area (Å²) in [6.45, 7) is 6.72. The highest BCUT2D eigenvalue weighted by molar-refractivity contribution is 7.19. The van der Waals surface area contributed by atoms with Crippen LogP contribution in [-0.2, 0) is 9.59 Å². The lowest BCUT2D eigenvalue weighted by molar-refractivity contribution is -0.131. The molecular formula is C31H28F2N4O3S. The lowest BCUT2D eigenvalue weighted by Gasteiger charge is -2.16. The molecule has 2 heterocycles. The molecule has 41 heavy (non-hydrogen) atoms. The van der Waals surface area contributed by atoms with Crippen LogP contribution in [-0.4, -0.2) is 41.3 Å². The number of thiophene rings is 1. The van der Waals surface area contributed by atoms with Crippen LogP contribution < -0.4 is 15.4 Å². The predicted molar refractivity (Wildman–Crippen MR) is 156 cm³/mol. The van der Waals surface area contributed by atoms with Gasteiger partial charge in [0.15, 0.2) is 11.6 Å². The highest BCUT2D eigenvalue weighted by Crippen LogP contribution is 2.47. The smallest absolute Gasteiger partial charge is 0.240 e. The lowest BCUT2D eigenvalue weighted by Crippen LogP contribution is -2.35. The number of nitrogens with one attached hydrogen (secondary N) is 2. The third kappa shape index (κ3) is 6.37. The number of carbonyl (C=O) groups excluding carboxylic acids is 2. The van der Waals surface area contributed by atoms with Crippen molar-refractivity contribution in [3.05, 3.63) is 77.3 Å². The van der Waals surface area contributed by atoms with Crippen molar-refractivity contribution in [2.75, 3.05) is 30.3 Å². The van der Waals surface area contributed by atoms with Gasteiger partial charge < -0.3 is 15.4 Å². The Labute approximate surface area is 240 Å². The van der Waals surface area contributed by atoms with Gasteiger partial charge in [-0.1, -0.05) is 25.7 Å². The van der Waals surface area contributed by atoms with E-state index in [1.165, 1.54) is 47.7 Å².